The number of hydrogen-bond acceptors (Lipinski definition) is 4. The fourth-order valence-corrected chi connectivity index (χ4v) is 1.86. The Hall–Kier alpha value is -0.590. The molecule has 14 heavy (non-hydrogen) atoms. The fraction of sp³-hybridized carbons (Fsp3) is 0.429. The maximum absolute atomic E-state index is 5.75. The maximum Gasteiger partial charge on any atom is 0.165 e. The van der Waals surface area contributed by atoms with E-state index in [2.05, 4.69) is 26.0 Å². The average molecular weight is 281 g/mol. The van der Waals surface area contributed by atoms with Gasteiger partial charge in [-0.1, -0.05) is 0 Å². The van der Waals surface area contributed by atoms with Crippen LogP contribution in [-0.4, -0.2) is 33.7 Å². The third-order valence-electron chi connectivity index (χ3n) is 1.98. The van der Waals surface area contributed by atoms with Gasteiger partial charge in [-0.15, -0.1) is 12.4 Å². The molecule has 1 aliphatic heterocycles. The summed E-state index contributed by atoms with van der Waals surface area (Å²) in [6, 6.07) is 0. The first-order valence-corrected chi connectivity index (χ1v) is 4.74. The second kappa shape index (κ2) is 4.29. The van der Waals surface area contributed by atoms with Crippen molar-refractivity contribution in [1.82, 2.24) is 14.8 Å². The number of rotatable bonds is 1. The lowest BCUT2D eigenvalue weighted by atomic mass is 10.4. The third kappa shape index (κ3) is 1.77. The zero-order chi connectivity index (χ0) is 9.42. The van der Waals surface area contributed by atoms with Crippen molar-refractivity contribution in [2.75, 3.05) is 13.1 Å². The van der Waals surface area contributed by atoms with E-state index in [1.807, 2.05) is 7.05 Å². The van der Waals surface area contributed by atoms with E-state index >= 15 is 0 Å². The van der Waals surface area contributed by atoms with Gasteiger partial charge in [-0.05, 0) is 15.9 Å². The van der Waals surface area contributed by atoms with Gasteiger partial charge in [-0.25, -0.2) is 5.84 Å². The summed E-state index contributed by atoms with van der Waals surface area (Å²) in [4.78, 5) is 4.31. The molecule has 0 saturated carbocycles. The van der Waals surface area contributed by atoms with Gasteiger partial charge in [0.15, 0.2) is 5.84 Å². The summed E-state index contributed by atoms with van der Waals surface area (Å²) in [7, 11) is 1.87. The molecule has 1 aromatic heterocycles. The highest BCUT2D eigenvalue weighted by molar-refractivity contribution is 9.10. The molecule has 1 aromatic rings. The van der Waals surface area contributed by atoms with Crippen LogP contribution in [0, 0.1) is 0 Å². The number of halogens is 2. The minimum atomic E-state index is 0. The number of aliphatic imine (C=N–C) groups is 1. The first-order chi connectivity index (χ1) is 6.20. The monoisotopic (exact) mass is 279 g/mol. The van der Waals surface area contributed by atoms with E-state index in [-0.39, 0.29) is 12.4 Å². The van der Waals surface area contributed by atoms with E-state index in [1.54, 1.807) is 15.9 Å². The van der Waals surface area contributed by atoms with E-state index in [0.29, 0.717) is 0 Å². The van der Waals surface area contributed by atoms with Gasteiger partial charge >= 0.3 is 0 Å². The van der Waals surface area contributed by atoms with Crippen LogP contribution in [0.2, 0.25) is 0 Å². The van der Waals surface area contributed by atoms with E-state index < -0.39 is 0 Å². The first-order valence-electron chi connectivity index (χ1n) is 3.94. The smallest absolute Gasteiger partial charge is 0.165 e. The lowest BCUT2D eigenvalue weighted by molar-refractivity contribution is 0.481. The summed E-state index contributed by atoms with van der Waals surface area (Å²) >= 11 is 3.41. The molecule has 0 fully saturated rings. The molecule has 0 aromatic carbocycles. The molecule has 2 heterocycles. The first kappa shape index (κ1) is 11.5. The largest absolute Gasteiger partial charge is 0.291 e. The third-order valence-corrected chi connectivity index (χ3v) is 2.56. The zero-order valence-electron chi connectivity index (χ0n) is 7.64. The number of hydrazine groups is 1. The highest BCUT2D eigenvalue weighted by Crippen LogP contribution is 2.18. The highest BCUT2D eigenvalue weighted by atomic mass is 79.9. The van der Waals surface area contributed by atoms with Gasteiger partial charge in [0.1, 0.15) is 5.69 Å². The second-order valence-corrected chi connectivity index (χ2v) is 3.72. The van der Waals surface area contributed by atoms with E-state index in [4.69, 9.17) is 5.84 Å². The molecular weight excluding hydrogens is 269 g/mol. The summed E-state index contributed by atoms with van der Waals surface area (Å²) in [5, 5.41) is 5.74. The molecule has 5 nitrogen and oxygen atoms in total. The maximum atomic E-state index is 5.75. The lowest BCUT2D eigenvalue weighted by Crippen LogP contribution is -2.36. The SMILES string of the molecule is Cl.Cn1ncc(Br)c1C1=NCCN1N. The normalized spacial score (nSPS) is 15.4. The standard InChI is InChI=1S/C7H10BrN5.ClH/c1-12-6(5(8)4-11-12)7-10-2-3-13(7)9;/h4H,2-3,9H2,1H3;1H. The minimum Gasteiger partial charge on any atom is -0.291 e. The number of hydrogen-bond donors (Lipinski definition) is 1. The molecule has 0 atom stereocenters. The Bertz CT molecular complexity index is 341. The number of aryl methyl sites for hydroxylation is 1. The van der Waals surface area contributed by atoms with Crippen molar-refractivity contribution in [1.29, 1.82) is 0 Å². The van der Waals surface area contributed by atoms with Crippen LogP contribution in [0.3, 0.4) is 0 Å². The van der Waals surface area contributed by atoms with Crippen LogP contribution < -0.4 is 5.84 Å². The van der Waals surface area contributed by atoms with Crippen molar-refractivity contribution in [3.8, 4) is 0 Å². The van der Waals surface area contributed by atoms with Crippen molar-refractivity contribution in [3.63, 3.8) is 0 Å². The number of aromatic nitrogens is 2. The Kier molecular flexibility index (Phi) is 3.52. The molecule has 2 N–H and O–H groups in total. The highest BCUT2D eigenvalue weighted by Gasteiger charge is 2.20. The molecule has 0 amide bonds. The average Bonchev–Trinajstić information content (AvgIpc) is 2.60. The summed E-state index contributed by atoms with van der Waals surface area (Å²) in [6.07, 6.45) is 1.74. The molecule has 1 aliphatic rings. The summed E-state index contributed by atoms with van der Waals surface area (Å²) < 4.78 is 2.68. The predicted octanol–water partition coefficient (Wildman–Crippen LogP) is 0.540. The molecule has 0 spiro atoms. The molecule has 0 unspecified atom stereocenters. The molecular formula is C7H11BrClN5. The van der Waals surface area contributed by atoms with Crippen LogP contribution in [0.5, 0.6) is 0 Å². The van der Waals surface area contributed by atoms with Gasteiger partial charge < -0.3 is 0 Å². The van der Waals surface area contributed by atoms with E-state index in [0.717, 1.165) is 29.1 Å². The van der Waals surface area contributed by atoms with Crippen LogP contribution in [0.25, 0.3) is 0 Å². The molecule has 0 bridgehead atoms. The van der Waals surface area contributed by atoms with Crippen molar-refractivity contribution >= 4 is 34.2 Å². The quantitative estimate of drug-likeness (QED) is 0.764. The Morgan fingerprint density at radius 1 is 1.57 bits per heavy atom. The fourth-order valence-electron chi connectivity index (χ4n) is 1.33. The van der Waals surface area contributed by atoms with Gasteiger partial charge in [0.25, 0.3) is 0 Å². The van der Waals surface area contributed by atoms with Crippen molar-refractivity contribution < 1.29 is 0 Å². The van der Waals surface area contributed by atoms with Crippen molar-refractivity contribution in [3.05, 3.63) is 16.4 Å². The van der Waals surface area contributed by atoms with Crippen LogP contribution in [0.15, 0.2) is 15.7 Å². The van der Waals surface area contributed by atoms with E-state index in [9.17, 15) is 0 Å². The summed E-state index contributed by atoms with van der Waals surface area (Å²) in [6.45, 7) is 1.52. The Balaban J connectivity index is 0.000000980. The van der Waals surface area contributed by atoms with Gasteiger partial charge in [0.2, 0.25) is 0 Å². The topological polar surface area (TPSA) is 59.4 Å². The van der Waals surface area contributed by atoms with Gasteiger partial charge in [-0.3, -0.25) is 14.7 Å². The van der Waals surface area contributed by atoms with Gasteiger partial charge in [0, 0.05) is 7.05 Å². The Labute approximate surface area is 96.5 Å². The molecule has 2 rings (SSSR count). The van der Waals surface area contributed by atoms with Crippen LogP contribution in [-0.2, 0) is 7.05 Å². The van der Waals surface area contributed by atoms with Crippen LogP contribution >= 0.6 is 28.3 Å². The number of nitrogens with zero attached hydrogens (tertiary/aromatic N) is 4. The molecule has 78 valence electrons. The van der Waals surface area contributed by atoms with E-state index in [1.165, 1.54) is 0 Å². The molecule has 0 saturated heterocycles. The second-order valence-electron chi connectivity index (χ2n) is 2.86. The minimum absolute atomic E-state index is 0. The summed E-state index contributed by atoms with van der Waals surface area (Å²) in [5.74, 6) is 6.55. The van der Waals surface area contributed by atoms with Crippen LogP contribution in [0.1, 0.15) is 5.69 Å². The number of nitrogens with two attached hydrogens (primary N) is 1. The number of amidine groups is 1. The lowest BCUT2D eigenvalue weighted by Gasteiger charge is -2.13. The molecule has 0 aliphatic carbocycles. The molecule has 7 heteroatoms. The van der Waals surface area contributed by atoms with Gasteiger partial charge in [-0.2, -0.15) is 5.10 Å². The predicted molar refractivity (Wildman–Crippen MR) is 60.5 cm³/mol. The van der Waals surface area contributed by atoms with Crippen molar-refractivity contribution in [2.45, 2.75) is 0 Å². The summed E-state index contributed by atoms with van der Waals surface area (Å²) in [5.41, 5.74) is 0.931. The van der Waals surface area contributed by atoms with Gasteiger partial charge in [0.05, 0.1) is 23.8 Å². The Morgan fingerprint density at radius 2 is 2.29 bits per heavy atom. The molecule has 0 radical (unpaired) electrons. The van der Waals surface area contributed by atoms with Crippen LogP contribution in [0.4, 0.5) is 0 Å². The zero-order valence-corrected chi connectivity index (χ0v) is 10.0. The Morgan fingerprint density at radius 3 is 2.71 bits per heavy atom. The van der Waals surface area contributed by atoms with Crippen molar-refractivity contribution in [2.24, 2.45) is 17.9 Å².